The van der Waals surface area contributed by atoms with Crippen LogP contribution in [0.5, 0.6) is 0 Å². The molecule has 3 rings (SSSR count). The van der Waals surface area contributed by atoms with Crippen LogP contribution in [0.15, 0.2) is 18.2 Å². The summed E-state index contributed by atoms with van der Waals surface area (Å²) in [6.07, 6.45) is 3.51. The van der Waals surface area contributed by atoms with Gasteiger partial charge in [-0.1, -0.05) is 11.6 Å². The van der Waals surface area contributed by atoms with Crippen LogP contribution in [0.3, 0.4) is 0 Å². The summed E-state index contributed by atoms with van der Waals surface area (Å²) in [4.78, 5) is 26.2. The fraction of sp³-hybridized carbons (Fsp3) is 0.500. The van der Waals surface area contributed by atoms with Gasteiger partial charge in [0.25, 0.3) is 0 Å². The maximum Gasteiger partial charge on any atom is 0.229 e. The number of piperidine rings is 1. The highest BCUT2D eigenvalue weighted by Crippen LogP contribution is 2.32. The quantitative estimate of drug-likeness (QED) is 0.929. The van der Waals surface area contributed by atoms with E-state index in [4.69, 9.17) is 11.6 Å². The van der Waals surface area contributed by atoms with E-state index in [0.29, 0.717) is 12.2 Å². The van der Waals surface area contributed by atoms with E-state index >= 15 is 0 Å². The van der Waals surface area contributed by atoms with E-state index in [1.807, 2.05) is 0 Å². The van der Waals surface area contributed by atoms with Crippen LogP contribution < -0.4 is 5.32 Å². The van der Waals surface area contributed by atoms with Crippen molar-refractivity contribution in [2.75, 3.05) is 18.4 Å². The Kier molecular flexibility index (Phi) is 4.34. The highest BCUT2D eigenvalue weighted by atomic mass is 35.5. The van der Waals surface area contributed by atoms with Crippen LogP contribution in [0.1, 0.15) is 25.7 Å². The minimum absolute atomic E-state index is 0.0249. The lowest BCUT2D eigenvalue weighted by atomic mass is 9.96. The number of rotatable bonds is 3. The first-order valence-corrected chi connectivity index (χ1v) is 7.97. The second kappa shape index (κ2) is 6.24. The molecular weight excluding hydrogens is 307 g/mol. The van der Waals surface area contributed by atoms with Crippen LogP contribution in [-0.2, 0) is 9.59 Å². The zero-order valence-corrected chi connectivity index (χ0v) is 12.9. The number of likely N-dealkylation sites (tertiary alicyclic amines) is 1. The predicted molar refractivity (Wildman–Crippen MR) is 82.1 cm³/mol. The first-order valence-electron chi connectivity index (χ1n) is 7.59. The Hall–Kier alpha value is -1.62. The van der Waals surface area contributed by atoms with E-state index < -0.39 is 5.82 Å². The molecule has 1 aliphatic heterocycles. The van der Waals surface area contributed by atoms with Crippen molar-refractivity contribution in [2.45, 2.75) is 25.7 Å². The van der Waals surface area contributed by atoms with Gasteiger partial charge >= 0.3 is 0 Å². The van der Waals surface area contributed by atoms with Gasteiger partial charge in [-0.3, -0.25) is 9.59 Å². The Balaban J connectivity index is 1.61. The molecule has 4 nitrogen and oxygen atoms in total. The minimum Gasteiger partial charge on any atom is -0.342 e. The molecule has 1 aromatic rings. The SMILES string of the molecule is O=C(Nc1ccc(Cl)c(F)c1)[C@@H]1CCCN(C(=O)C2CC2)C1. The molecule has 6 heteroatoms. The molecule has 0 unspecified atom stereocenters. The molecule has 2 amide bonds. The van der Waals surface area contributed by atoms with Gasteiger partial charge in [-0.05, 0) is 43.9 Å². The van der Waals surface area contributed by atoms with Crippen LogP contribution in [-0.4, -0.2) is 29.8 Å². The average Bonchev–Trinajstić information content (AvgIpc) is 3.35. The van der Waals surface area contributed by atoms with E-state index in [2.05, 4.69) is 5.32 Å². The van der Waals surface area contributed by atoms with Gasteiger partial charge in [-0.15, -0.1) is 0 Å². The van der Waals surface area contributed by atoms with Crippen molar-refractivity contribution in [2.24, 2.45) is 11.8 Å². The molecule has 22 heavy (non-hydrogen) atoms. The van der Waals surface area contributed by atoms with Crippen LogP contribution in [0.25, 0.3) is 0 Å². The van der Waals surface area contributed by atoms with Crippen molar-refractivity contribution < 1.29 is 14.0 Å². The number of amides is 2. The Bertz CT molecular complexity index is 604. The molecule has 1 atom stereocenters. The minimum atomic E-state index is -0.561. The molecule has 1 saturated carbocycles. The summed E-state index contributed by atoms with van der Waals surface area (Å²) in [7, 11) is 0. The van der Waals surface area contributed by atoms with Crippen LogP contribution in [0.4, 0.5) is 10.1 Å². The van der Waals surface area contributed by atoms with Gasteiger partial charge in [0.1, 0.15) is 5.82 Å². The second-order valence-electron chi connectivity index (χ2n) is 6.02. The molecule has 2 aliphatic rings. The zero-order chi connectivity index (χ0) is 15.7. The second-order valence-corrected chi connectivity index (χ2v) is 6.42. The lowest BCUT2D eigenvalue weighted by molar-refractivity contribution is -0.135. The molecule has 1 aromatic carbocycles. The largest absolute Gasteiger partial charge is 0.342 e. The summed E-state index contributed by atoms with van der Waals surface area (Å²) in [5, 5.41) is 2.73. The summed E-state index contributed by atoms with van der Waals surface area (Å²) < 4.78 is 13.4. The zero-order valence-electron chi connectivity index (χ0n) is 12.1. The van der Waals surface area contributed by atoms with Crippen molar-refractivity contribution in [1.29, 1.82) is 0 Å². The lowest BCUT2D eigenvalue weighted by Gasteiger charge is -2.32. The number of anilines is 1. The molecule has 0 radical (unpaired) electrons. The molecule has 1 heterocycles. The predicted octanol–water partition coefficient (Wildman–Crippen LogP) is 3.07. The van der Waals surface area contributed by atoms with Gasteiger partial charge in [0.15, 0.2) is 0 Å². The summed E-state index contributed by atoms with van der Waals surface area (Å²) in [6.45, 7) is 1.19. The third-order valence-corrected chi connectivity index (χ3v) is 4.52. The van der Waals surface area contributed by atoms with Gasteiger partial charge in [0.05, 0.1) is 10.9 Å². The number of halogens is 2. The van der Waals surface area contributed by atoms with Crippen molar-refractivity contribution >= 4 is 29.1 Å². The highest BCUT2D eigenvalue weighted by Gasteiger charge is 2.36. The Morgan fingerprint density at radius 3 is 2.68 bits per heavy atom. The summed E-state index contributed by atoms with van der Waals surface area (Å²) in [5.41, 5.74) is 0.387. The van der Waals surface area contributed by atoms with E-state index in [1.165, 1.54) is 12.1 Å². The molecule has 0 aromatic heterocycles. The number of carbonyl (C=O) groups is 2. The van der Waals surface area contributed by atoms with Gasteiger partial charge in [0, 0.05) is 24.7 Å². The fourth-order valence-electron chi connectivity index (χ4n) is 2.80. The van der Waals surface area contributed by atoms with Crippen molar-refractivity contribution in [3.8, 4) is 0 Å². The van der Waals surface area contributed by atoms with Crippen molar-refractivity contribution in [3.05, 3.63) is 29.0 Å². The molecule has 0 spiro atoms. The number of hydrogen-bond acceptors (Lipinski definition) is 2. The van der Waals surface area contributed by atoms with Crippen LogP contribution in [0, 0.1) is 17.7 Å². The maximum absolute atomic E-state index is 13.4. The third kappa shape index (κ3) is 3.40. The number of carbonyl (C=O) groups excluding carboxylic acids is 2. The first-order chi connectivity index (χ1) is 10.5. The molecule has 1 N–H and O–H groups in total. The van der Waals surface area contributed by atoms with E-state index in [9.17, 15) is 14.0 Å². The molecular formula is C16H18ClFN2O2. The Morgan fingerprint density at radius 1 is 1.23 bits per heavy atom. The maximum atomic E-state index is 13.4. The Labute approximate surface area is 133 Å². The molecule has 118 valence electrons. The monoisotopic (exact) mass is 324 g/mol. The molecule has 1 saturated heterocycles. The smallest absolute Gasteiger partial charge is 0.229 e. The van der Waals surface area contributed by atoms with E-state index in [0.717, 1.165) is 32.2 Å². The Morgan fingerprint density at radius 2 is 2.00 bits per heavy atom. The number of benzene rings is 1. The number of nitrogens with one attached hydrogen (secondary N) is 1. The normalized spacial score (nSPS) is 21.5. The summed E-state index contributed by atoms with van der Waals surface area (Å²) in [5.74, 6) is -0.624. The van der Waals surface area contributed by atoms with E-state index in [-0.39, 0.29) is 28.7 Å². The fourth-order valence-corrected chi connectivity index (χ4v) is 2.92. The first kappa shape index (κ1) is 15.3. The molecule has 2 fully saturated rings. The van der Waals surface area contributed by atoms with Gasteiger partial charge < -0.3 is 10.2 Å². The average molecular weight is 325 g/mol. The van der Waals surface area contributed by atoms with Gasteiger partial charge in [-0.25, -0.2) is 4.39 Å². The van der Waals surface area contributed by atoms with E-state index in [1.54, 1.807) is 11.0 Å². The van der Waals surface area contributed by atoms with Crippen LogP contribution >= 0.6 is 11.6 Å². The molecule has 0 bridgehead atoms. The van der Waals surface area contributed by atoms with Gasteiger partial charge in [-0.2, -0.15) is 0 Å². The summed E-state index contributed by atoms with van der Waals surface area (Å²) >= 11 is 5.62. The number of nitrogens with zero attached hydrogens (tertiary/aromatic N) is 1. The van der Waals surface area contributed by atoms with Crippen LogP contribution in [0.2, 0.25) is 5.02 Å². The standard InChI is InChI=1S/C16H18ClFN2O2/c17-13-6-5-12(8-14(13)18)19-15(21)11-2-1-7-20(9-11)16(22)10-3-4-10/h5-6,8,10-11H,1-4,7,9H2,(H,19,21)/t11-/m1/s1. The third-order valence-electron chi connectivity index (χ3n) is 4.22. The highest BCUT2D eigenvalue weighted by molar-refractivity contribution is 6.30. The molecule has 1 aliphatic carbocycles. The number of hydrogen-bond donors (Lipinski definition) is 1. The summed E-state index contributed by atoms with van der Waals surface area (Å²) in [6, 6.07) is 4.19. The topological polar surface area (TPSA) is 49.4 Å². The van der Waals surface area contributed by atoms with Crippen molar-refractivity contribution in [1.82, 2.24) is 4.90 Å². The van der Waals surface area contributed by atoms with Crippen molar-refractivity contribution in [3.63, 3.8) is 0 Å². The van der Waals surface area contributed by atoms with Gasteiger partial charge in [0.2, 0.25) is 11.8 Å². The lowest BCUT2D eigenvalue weighted by Crippen LogP contribution is -2.44.